The molecule has 1 aliphatic rings. The predicted octanol–water partition coefficient (Wildman–Crippen LogP) is 1.88. The van der Waals surface area contributed by atoms with E-state index in [1.54, 1.807) is 11.3 Å². The molecule has 1 saturated heterocycles. The minimum atomic E-state index is -0.339. The highest BCUT2D eigenvalue weighted by molar-refractivity contribution is 7.18. The van der Waals surface area contributed by atoms with Crippen molar-refractivity contribution < 1.29 is 9.53 Å². The second-order valence-corrected chi connectivity index (χ2v) is 6.29. The minimum absolute atomic E-state index is 0. The van der Waals surface area contributed by atoms with E-state index in [1.807, 2.05) is 18.2 Å². The van der Waals surface area contributed by atoms with Gasteiger partial charge in [0.15, 0.2) is 0 Å². The number of nitrogens with one attached hydrogen (secondary N) is 1. The van der Waals surface area contributed by atoms with Crippen LogP contribution in [0, 0.1) is 0 Å². The van der Waals surface area contributed by atoms with Gasteiger partial charge in [-0.1, -0.05) is 12.1 Å². The number of carbonyl (C=O) groups is 1. The fourth-order valence-corrected chi connectivity index (χ4v) is 3.47. The van der Waals surface area contributed by atoms with Crippen molar-refractivity contribution in [1.29, 1.82) is 0 Å². The van der Waals surface area contributed by atoms with E-state index in [1.165, 1.54) is 4.70 Å². The molecule has 0 bridgehead atoms. The molecule has 1 amide bonds. The van der Waals surface area contributed by atoms with Gasteiger partial charge in [0.25, 0.3) is 0 Å². The quantitative estimate of drug-likeness (QED) is 0.870. The molecule has 0 aliphatic carbocycles. The van der Waals surface area contributed by atoms with Crippen LogP contribution in [0.3, 0.4) is 0 Å². The zero-order valence-electron chi connectivity index (χ0n) is 12.2. The lowest BCUT2D eigenvalue weighted by Gasteiger charge is -2.12. The van der Waals surface area contributed by atoms with E-state index in [2.05, 4.69) is 16.4 Å². The average Bonchev–Trinajstić information content (AvgIpc) is 3.13. The van der Waals surface area contributed by atoms with Gasteiger partial charge in [0.2, 0.25) is 5.91 Å². The van der Waals surface area contributed by atoms with Crippen molar-refractivity contribution in [3.05, 3.63) is 29.3 Å². The number of rotatable bonds is 5. The van der Waals surface area contributed by atoms with Gasteiger partial charge in [-0.2, -0.15) is 0 Å². The highest BCUT2D eigenvalue weighted by Gasteiger charge is 2.29. The number of halogens is 1. The van der Waals surface area contributed by atoms with E-state index in [-0.39, 0.29) is 30.5 Å². The van der Waals surface area contributed by atoms with Crippen molar-refractivity contribution in [3.63, 3.8) is 0 Å². The Bertz CT molecular complexity index is 601. The van der Waals surface area contributed by atoms with Gasteiger partial charge >= 0.3 is 0 Å². The molecule has 0 unspecified atom stereocenters. The molecule has 2 atom stereocenters. The maximum absolute atomic E-state index is 12.0. The highest BCUT2D eigenvalue weighted by Crippen LogP contribution is 2.22. The van der Waals surface area contributed by atoms with Crippen LogP contribution in [0.15, 0.2) is 24.3 Å². The number of hydrogen-bond donors (Lipinski definition) is 2. The van der Waals surface area contributed by atoms with Crippen LogP contribution in [0.2, 0.25) is 0 Å². The second kappa shape index (κ2) is 7.87. The molecule has 5 nitrogen and oxygen atoms in total. The summed E-state index contributed by atoms with van der Waals surface area (Å²) in [4.78, 5) is 16.5. The molecule has 2 heterocycles. The van der Waals surface area contributed by atoms with Gasteiger partial charge in [0.1, 0.15) is 6.10 Å². The summed E-state index contributed by atoms with van der Waals surface area (Å²) in [6, 6.07) is 8.07. The second-order valence-electron chi connectivity index (χ2n) is 5.18. The molecular formula is C15H20ClN3O2S. The number of ether oxygens (including phenoxy) is 1. The Balaban J connectivity index is 0.00000176. The van der Waals surface area contributed by atoms with Crippen LogP contribution >= 0.6 is 23.7 Å². The van der Waals surface area contributed by atoms with Gasteiger partial charge in [-0.05, 0) is 25.0 Å². The average molecular weight is 342 g/mol. The molecule has 1 aromatic heterocycles. The molecule has 1 aliphatic heterocycles. The van der Waals surface area contributed by atoms with Crippen LogP contribution in [0.5, 0.6) is 0 Å². The molecule has 0 saturated carbocycles. The van der Waals surface area contributed by atoms with Gasteiger partial charge in [-0.3, -0.25) is 4.79 Å². The van der Waals surface area contributed by atoms with Crippen molar-refractivity contribution in [1.82, 2.24) is 10.3 Å². The largest absolute Gasteiger partial charge is 0.364 e. The molecule has 3 rings (SSSR count). The lowest BCUT2D eigenvalue weighted by atomic mass is 10.2. The zero-order chi connectivity index (χ0) is 14.7. The summed E-state index contributed by atoms with van der Waals surface area (Å²) in [6.45, 7) is 1.07. The first-order chi connectivity index (χ1) is 10.3. The van der Waals surface area contributed by atoms with Crippen molar-refractivity contribution in [2.45, 2.75) is 31.5 Å². The fraction of sp³-hybridized carbons (Fsp3) is 0.467. The zero-order valence-corrected chi connectivity index (χ0v) is 13.8. The first-order valence-electron chi connectivity index (χ1n) is 7.24. The number of benzene rings is 1. The lowest BCUT2D eigenvalue weighted by Crippen LogP contribution is -2.36. The maximum atomic E-state index is 12.0. The first-order valence-corrected chi connectivity index (χ1v) is 8.05. The van der Waals surface area contributed by atoms with Crippen LogP contribution in [0.25, 0.3) is 10.2 Å². The standard InChI is InChI=1S/C15H19N3O2S.ClH/c16-9-10-5-6-12(20-10)15(19)17-8-7-14-18-11-3-1-2-4-13(11)21-14;/h1-4,10,12H,5-9,16H2,(H,17,19);1H/t10-,12+;/m1./s1. The van der Waals surface area contributed by atoms with Crippen molar-refractivity contribution in [3.8, 4) is 0 Å². The smallest absolute Gasteiger partial charge is 0.249 e. The van der Waals surface area contributed by atoms with Crippen LogP contribution in [-0.2, 0) is 16.0 Å². The molecular weight excluding hydrogens is 322 g/mol. The van der Waals surface area contributed by atoms with E-state index in [9.17, 15) is 4.79 Å². The SMILES string of the molecule is Cl.NC[C@H]1CC[C@@H](C(=O)NCCc2nc3ccccc3s2)O1. The summed E-state index contributed by atoms with van der Waals surface area (Å²) in [5.41, 5.74) is 6.57. The summed E-state index contributed by atoms with van der Waals surface area (Å²) >= 11 is 1.68. The third kappa shape index (κ3) is 3.95. The number of amides is 1. The van der Waals surface area contributed by atoms with Gasteiger partial charge in [0.05, 0.1) is 21.3 Å². The Morgan fingerprint density at radius 1 is 1.41 bits per heavy atom. The molecule has 1 fully saturated rings. The number of nitrogens with zero attached hydrogens (tertiary/aromatic N) is 1. The van der Waals surface area contributed by atoms with Crippen LogP contribution in [0.1, 0.15) is 17.8 Å². The van der Waals surface area contributed by atoms with Crippen molar-refractivity contribution in [2.24, 2.45) is 5.73 Å². The summed E-state index contributed by atoms with van der Waals surface area (Å²) in [6.07, 6.45) is 2.07. The number of thiazole rings is 1. The summed E-state index contributed by atoms with van der Waals surface area (Å²) < 4.78 is 6.76. The number of aromatic nitrogens is 1. The molecule has 2 aromatic rings. The molecule has 0 spiro atoms. The normalized spacial score (nSPS) is 20.8. The Labute approximate surface area is 139 Å². The summed E-state index contributed by atoms with van der Waals surface area (Å²) in [7, 11) is 0. The molecule has 120 valence electrons. The van der Waals surface area contributed by atoms with E-state index >= 15 is 0 Å². The fourth-order valence-electron chi connectivity index (χ4n) is 2.51. The maximum Gasteiger partial charge on any atom is 0.249 e. The summed E-state index contributed by atoms with van der Waals surface area (Å²) in [5, 5.41) is 3.97. The third-order valence-corrected chi connectivity index (χ3v) is 4.74. The monoisotopic (exact) mass is 341 g/mol. The highest BCUT2D eigenvalue weighted by atomic mass is 35.5. The number of hydrogen-bond acceptors (Lipinski definition) is 5. The number of para-hydroxylation sites is 1. The van der Waals surface area contributed by atoms with Gasteiger partial charge in [0, 0.05) is 19.5 Å². The van der Waals surface area contributed by atoms with Crippen LogP contribution < -0.4 is 11.1 Å². The Hall–Kier alpha value is -1.21. The summed E-state index contributed by atoms with van der Waals surface area (Å²) in [5.74, 6) is -0.0351. The number of nitrogens with two attached hydrogens (primary N) is 1. The molecule has 22 heavy (non-hydrogen) atoms. The number of fused-ring (bicyclic) bond motifs is 1. The van der Waals surface area contributed by atoms with E-state index in [0.29, 0.717) is 13.1 Å². The topological polar surface area (TPSA) is 77.2 Å². The predicted molar refractivity (Wildman–Crippen MR) is 90.5 cm³/mol. The number of carbonyl (C=O) groups excluding carboxylic acids is 1. The minimum Gasteiger partial charge on any atom is -0.364 e. The molecule has 3 N–H and O–H groups in total. The Morgan fingerprint density at radius 3 is 2.95 bits per heavy atom. The van der Waals surface area contributed by atoms with Crippen molar-refractivity contribution >= 4 is 39.9 Å². The Morgan fingerprint density at radius 2 is 2.23 bits per heavy atom. The van der Waals surface area contributed by atoms with Gasteiger partial charge in [-0.25, -0.2) is 4.98 Å². The molecule has 1 aromatic carbocycles. The van der Waals surface area contributed by atoms with Crippen LogP contribution in [-0.4, -0.2) is 36.2 Å². The van der Waals surface area contributed by atoms with Gasteiger partial charge in [-0.15, -0.1) is 23.7 Å². The Kier molecular flexibility index (Phi) is 6.14. The molecule has 7 heteroatoms. The van der Waals surface area contributed by atoms with Crippen molar-refractivity contribution in [2.75, 3.05) is 13.1 Å². The van der Waals surface area contributed by atoms with E-state index in [4.69, 9.17) is 10.5 Å². The van der Waals surface area contributed by atoms with Crippen LogP contribution in [0.4, 0.5) is 0 Å². The third-order valence-electron chi connectivity index (χ3n) is 3.64. The van der Waals surface area contributed by atoms with Gasteiger partial charge < -0.3 is 15.8 Å². The molecule has 0 radical (unpaired) electrons. The lowest BCUT2D eigenvalue weighted by molar-refractivity contribution is -0.131. The first kappa shape index (κ1) is 17.1. The van der Waals surface area contributed by atoms with E-state index in [0.717, 1.165) is 29.8 Å². The van der Waals surface area contributed by atoms with E-state index < -0.39 is 0 Å².